The summed E-state index contributed by atoms with van der Waals surface area (Å²) in [6.45, 7) is 1.25. The molecule has 3 aromatic rings. The summed E-state index contributed by atoms with van der Waals surface area (Å²) in [5, 5.41) is 7.97. The van der Waals surface area contributed by atoms with E-state index in [2.05, 4.69) is 10.1 Å². The molecule has 1 aromatic carbocycles. The van der Waals surface area contributed by atoms with E-state index in [1.54, 1.807) is 16.2 Å². The van der Waals surface area contributed by atoms with Crippen molar-refractivity contribution < 1.29 is 9.32 Å². The molecule has 1 saturated heterocycles. The van der Waals surface area contributed by atoms with Gasteiger partial charge in [-0.1, -0.05) is 23.4 Å². The molecule has 6 heteroatoms. The predicted octanol–water partition coefficient (Wildman–Crippen LogP) is 3.04. The lowest BCUT2D eigenvalue weighted by Gasteiger charge is -2.37. The number of carbonyl (C=O) groups is 1. The number of aromatic nitrogens is 2. The first-order valence-corrected chi connectivity index (χ1v) is 7.96. The third kappa shape index (κ3) is 2.31. The largest absolute Gasteiger partial charge is 0.339 e. The summed E-state index contributed by atoms with van der Waals surface area (Å²) in [7, 11) is 0. The number of thiophene rings is 1. The Bertz CT molecular complexity index is 777. The second kappa shape index (κ2) is 5.38. The highest BCUT2D eigenvalue weighted by atomic mass is 32.1. The Morgan fingerprint density at radius 3 is 2.77 bits per heavy atom. The van der Waals surface area contributed by atoms with E-state index < -0.39 is 0 Å². The Morgan fingerprint density at radius 2 is 2.05 bits per heavy atom. The number of nitrogens with zero attached hydrogens (tertiary/aromatic N) is 3. The molecule has 5 nitrogen and oxygen atoms in total. The van der Waals surface area contributed by atoms with Crippen LogP contribution in [0.3, 0.4) is 0 Å². The van der Waals surface area contributed by atoms with Gasteiger partial charge < -0.3 is 9.42 Å². The number of likely N-dealkylation sites (tertiary alicyclic amines) is 1. The first-order valence-electron chi connectivity index (χ1n) is 7.02. The molecule has 0 aliphatic carbocycles. The van der Waals surface area contributed by atoms with Crippen LogP contribution in [-0.2, 0) is 0 Å². The van der Waals surface area contributed by atoms with Crippen LogP contribution < -0.4 is 0 Å². The van der Waals surface area contributed by atoms with Gasteiger partial charge in [0.25, 0.3) is 5.91 Å². The van der Waals surface area contributed by atoms with Crippen LogP contribution in [0.25, 0.3) is 11.4 Å². The maximum atomic E-state index is 12.3. The zero-order valence-electron chi connectivity index (χ0n) is 11.7. The number of rotatable bonds is 3. The summed E-state index contributed by atoms with van der Waals surface area (Å²) >= 11 is 1.60. The van der Waals surface area contributed by atoms with Gasteiger partial charge in [0.2, 0.25) is 11.7 Å². The van der Waals surface area contributed by atoms with Gasteiger partial charge >= 0.3 is 0 Å². The average molecular weight is 311 g/mol. The van der Waals surface area contributed by atoms with Gasteiger partial charge in [-0.05, 0) is 23.6 Å². The molecule has 0 N–H and O–H groups in total. The lowest BCUT2D eigenvalue weighted by atomic mass is 9.99. The fraction of sp³-hybridized carbons (Fsp3) is 0.188. The molecule has 2 aromatic heterocycles. The van der Waals surface area contributed by atoms with Gasteiger partial charge in [0.15, 0.2) is 0 Å². The molecule has 0 saturated carbocycles. The second-order valence-electron chi connectivity index (χ2n) is 5.24. The van der Waals surface area contributed by atoms with E-state index in [-0.39, 0.29) is 11.8 Å². The van der Waals surface area contributed by atoms with Crippen LogP contribution in [0.4, 0.5) is 0 Å². The van der Waals surface area contributed by atoms with Crippen molar-refractivity contribution in [2.24, 2.45) is 0 Å². The smallest absolute Gasteiger partial charge is 0.253 e. The van der Waals surface area contributed by atoms with E-state index >= 15 is 0 Å². The van der Waals surface area contributed by atoms with Crippen molar-refractivity contribution in [3.63, 3.8) is 0 Å². The van der Waals surface area contributed by atoms with E-state index in [1.165, 1.54) is 0 Å². The predicted molar refractivity (Wildman–Crippen MR) is 82.7 cm³/mol. The summed E-state index contributed by atoms with van der Waals surface area (Å²) in [6, 6.07) is 11.3. The van der Waals surface area contributed by atoms with Crippen LogP contribution in [0.2, 0.25) is 0 Å². The molecule has 0 atom stereocenters. The van der Waals surface area contributed by atoms with Gasteiger partial charge in [0.1, 0.15) is 0 Å². The summed E-state index contributed by atoms with van der Waals surface area (Å²) in [5.41, 5.74) is 1.68. The minimum Gasteiger partial charge on any atom is -0.339 e. The van der Waals surface area contributed by atoms with Crippen molar-refractivity contribution in [2.45, 2.75) is 5.92 Å². The molecule has 22 heavy (non-hydrogen) atoms. The maximum Gasteiger partial charge on any atom is 0.253 e. The van der Waals surface area contributed by atoms with Crippen LogP contribution in [0.15, 0.2) is 51.7 Å². The minimum atomic E-state index is 0.0504. The summed E-state index contributed by atoms with van der Waals surface area (Å²) < 4.78 is 5.33. The van der Waals surface area contributed by atoms with Crippen molar-refractivity contribution in [2.75, 3.05) is 13.1 Å². The van der Waals surface area contributed by atoms with E-state index in [9.17, 15) is 4.79 Å². The van der Waals surface area contributed by atoms with Gasteiger partial charge in [0.05, 0.1) is 5.92 Å². The molecule has 0 unspecified atom stereocenters. The van der Waals surface area contributed by atoms with Crippen molar-refractivity contribution in [3.8, 4) is 11.4 Å². The maximum absolute atomic E-state index is 12.3. The zero-order valence-corrected chi connectivity index (χ0v) is 12.5. The van der Waals surface area contributed by atoms with Crippen LogP contribution in [0, 0.1) is 0 Å². The minimum absolute atomic E-state index is 0.0504. The molecule has 3 heterocycles. The number of hydrogen-bond acceptors (Lipinski definition) is 5. The Morgan fingerprint density at radius 1 is 1.23 bits per heavy atom. The average Bonchev–Trinajstić information content (AvgIpc) is 3.17. The molecular formula is C16H13N3O2S. The van der Waals surface area contributed by atoms with Crippen LogP contribution in [-0.4, -0.2) is 34.0 Å². The zero-order chi connectivity index (χ0) is 14.9. The Kier molecular flexibility index (Phi) is 3.23. The molecule has 0 bridgehead atoms. The topological polar surface area (TPSA) is 59.2 Å². The fourth-order valence-corrected chi connectivity index (χ4v) is 3.11. The molecule has 1 aliphatic rings. The first-order chi connectivity index (χ1) is 10.8. The fourth-order valence-electron chi connectivity index (χ4n) is 2.47. The highest BCUT2D eigenvalue weighted by Crippen LogP contribution is 2.29. The highest BCUT2D eigenvalue weighted by molar-refractivity contribution is 7.08. The van der Waals surface area contributed by atoms with Crippen molar-refractivity contribution in [1.29, 1.82) is 0 Å². The van der Waals surface area contributed by atoms with Gasteiger partial charge in [0, 0.05) is 29.6 Å². The second-order valence-corrected chi connectivity index (χ2v) is 6.02. The quantitative estimate of drug-likeness (QED) is 0.746. The van der Waals surface area contributed by atoms with Crippen molar-refractivity contribution >= 4 is 17.2 Å². The molecule has 1 aliphatic heterocycles. The molecular weight excluding hydrogens is 298 g/mol. The monoisotopic (exact) mass is 311 g/mol. The third-order valence-electron chi connectivity index (χ3n) is 3.76. The van der Waals surface area contributed by atoms with Crippen molar-refractivity contribution in [1.82, 2.24) is 15.0 Å². The van der Waals surface area contributed by atoms with Crippen LogP contribution in [0.5, 0.6) is 0 Å². The van der Waals surface area contributed by atoms with Gasteiger partial charge in [-0.2, -0.15) is 16.3 Å². The lowest BCUT2D eigenvalue weighted by Crippen LogP contribution is -2.48. The standard InChI is InChI=1S/C16H13N3O2S/c20-16(11-4-2-1-3-5-11)19-8-13(9-19)15-17-14(18-21-15)12-6-7-22-10-12/h1-7,10,13H,8-9H2. The summed E-state index contributed by atoms with van der Waals surface area (Å²) in [6.07, 6.45) is 0. The Balaban J connectivity index is 1.42. The normalized spacial score (nSPS) is 14.8. The molecule has 0 spiro atoms. The molecule has 1 fully saturated rings. The molecule has 0 radical (unpaired) electrons. The number of benzene rings is 1. The van der Waals surface area contributed by atoms with E-state index in [0.29, 0.717) is 30.4 Å². The lowest BCUT2D eigenvalue weighted by molar-refractivity contribution is 0.0569. The van der Waals surface area contributed by atoms with Crippen LogP contribution >= 0.6 is 11.3 Å². The molecule has 4 rings (SSSR count). The first kappa shape index (κ1) is 13.2. The molecule has 1 amide bonds. The van der Waals surface area contributed by atoms with E-state index in [4.69, 9.17) is 4.52 Å². The van der Waals surface area contributed by atoms with Gasteiger partial charge in [-0.25, -0.2) is 0 Å². The van der Waals surface area contributed by atoms with Gasteiger partial charge in [-0.3, -0.25) is 4.79 Å². The number of amides is 1. The van der Waals surface area contributed by atoms with Gasteiger partial charge in [-0.15, -0.1) is 0 Å². The summed E-state index contributed by atoms with van der Waals surface area (Å²) in [5.74, 6) is 1.41. The molecule has 110 valence electrons. The SMILES string of the molecule is O=C(c1ccccc1)N1CC(c2nc(-c3ccsc3)no2)C1. The van der Waals surface area contributed by atoms with Crippen LogP contribution in [0.1, 0.15) is 22.2 Å². The third-order valence-corrected chi connectivity index (χ3v) is 4.44. The highest BCUT2D eigenvalue weighted by Gasteiger charge is 2.36. The van der Waals surface area contributed by atoms with E-state index in [0.717, 1.165) is 5.56 Å². The number of hydrogen-bond donors (Lipinski definition) is 0. The summed E-state index contributed by atoms with van der Waals surface area (Å²) in [4.78, 5) is 18.5. The number of carbonyl (C=O) groups excluding carboxylic acids is 1. The van der Waals surface area contributed by atoms with E-state index in [1.807, 2.05) is 47.2 Å². The Labute approximate surface area is 131 Å². The van der Waals surface area contributed by atoms with Crippen molar-refractivity contribution in [3.05, 3.63) is 58.6 Å². The Hall–Kier alpha value is -2.47.